The van der Waals surface area contributed by atoms with Gasteiger partial charge in [0.05, 0.1) is 6.61 Å². The molecule has 0 unspecified atom stereocenters. The zero-order chi connectivity index (χ0) is 13.1. The van der Waals surface area contributed by atoms with Crippen LogP contribution in [-0.2, 0) is 6.61 Å². The third kappa shape index (κ3) is 2.09. The molecule has 0 amide bonds. The molecule has 3 heteroatoms. The molecule has 0 fully saturated rings. The van der Waals surface area contributed by atoms with Crippen LogP contribution in [-0.4, -0.2) is 5.11 Å². The van der Waals surface area contributed by atoms with Gasteiger partial charge >= 0.3 is 0 Å². The normalized spacial score (nSPS) is 10.4. The maximum Gasteiger partial charge on any atom is 0.136 e. The number of halogens is 1. The smallest absolute Gasteiger partial charge is 0.136 e. The molecule has 1 N–H and O–H groups in total. The standard InChI is InChI=1S/C13H9ClO2.C2H6/c14-11-6-13-10(5-8(11)7-15)9-3-1-2-4-12(9)16-13;1-2/h1-6,15H,7H2;1-2H3. The first-order valence-corrected chi connectivity index (χ1v) is 6.38. The van der Waals surface area contributed by atoms with E-state index in [-0.39, 0.29) is 6.61 Å². The number of rotatable bonds is 1. The quantitative estimate of drug-likeness (QED) is 0.686. The second kappa shape index (κ2) is 5.42. The Bertz CT molecular complexity index is 671. The molecule has 0 saturated heterocycles. The van der Waals surface area contributed by atoms with Crippen LogP contribution in [0.15, 0.2) is 40.8 Å². The Kier molecular flexibility index (Phi) is 3.90. The molecule has 3 aromatic rings. The van der Waals surface area contributed by atoms with Crippen molar-refractivity contribution in [3.05, 3.63) is 47.0 Å². The van der Waals surface area contributed by atoms with E-state index >= 15 is 0 Å². The fraction of sp³-hybridized carbons (Fsp3) is 0.200. The van der Waals surface area contributed by atoms with Gasteiger partial charge in [0, 0.05) is 21.9 Å². The maximum atomic E-state index is 9.17. The first-order chi connectivity index (χ1) is 8.79. The highest BCUT2D eigenvalue weighted by molar-refractivity contribution is 6.32. The summed E-state index contributed by atoms with van der Waals surface area (Å²) in [6, 6.07) is 11.4. The number of aliphatic hydroxyl groups is 1. The van der Waals surface area contributed by atoms with Crippen LogP contribution in [0.2, 0.25) is 5.02 Å². The lowest BCUT2D eigenvalue weighted by Crippen LogP contribution is -1.83. The summed E-state index contributed by atoms with van der Waals surface area (Å²) in [5, 5.41) is 11.7. The zero-order valence-corrected chi connectivity index (χ0v) is 11.2. The predicted octanol–water partition coefficient (Wildman–Crippen LogP) is 4.76. The van der Waals surface area contributed by atoms with E-state index in [9.17, 15) is 5.11 Å². The number of aliphatic hydroxyl groups excluding tert-OH is 1. The third-order valence-corrected chi connectivity index (χ3v) is 3.07. The average Bonchev–Trinajstić information content (AvgIpc) is 2.77. The van der Waals surface area contributed by atoms with E-state index in [0.29, 0.717) is 5.02 Å². The first-order valence-electron chi connectivity index (χ1n) is 6.00. The molecule has 94 valence electrons. The molecule has 18 heavy (non-hydrogen) atoms. The molecular formula is C15H15ClO2. The van der Waals surface area contributed by atoms with Gasteiger partial charge in [-0.05, 0) is 17.7 Å². The molecule has 0 radical (unpaired) electrons. The lowest BCUT2D eigenvalue weighted by atomic mass is 10.1. The van der Waals surface area contributed by atoms with Crippen molar-refractivity contribution < 1.29 is 9.52 Å². The summed E-state index contributed by atoms with van der Waals surface area (Å²) in [5.41, 5.74) is 2.31. The summed E-state index contributed by atoms with van der Waals surface area (Å²) in [5.74, 6) is 0. The Morgan fingerprint density at radius 1 is 1.06 bits per heavy atom. The highest BCUT2D eigenvalue weighted by Gasteiger charge is 2.09. The van der Waals surface area contributed by atoms with Gasteiger partial charge in [0.1, 0.15) is 11.2 Å². The van der Waals surface area contributed by atoms with Crippen LogP contribution in [0, 0.1) is 0 Å². The molecule has 0 bridgehead atoms. The van der Waals surface area contributed by atoms with E-state index in [0.717, 1.165) is 27.5 Å². The number of furan rings is 1. The van der Waals surface area contributed by atoms with Crippen molar-refractivity contribution in [3.63, 3.8) is 0 Å². The number of benzene rings is 2. The van der Waals surface area contributed by atoms with Crippen LogP contribution in [0.4, 0.5) is 0 Å². The molecular weight excluding hydrogens is 248 g/mol. The molecule has 1 aromatic heterocycles. The Balaban J connectivity index is 0.000000574. The highest BCUT2D eigenvalue weighted by Crippen LogP contribution is 2.32. The molecule has 2 nitrogen and oxygen atoms in total. The lowest BCUT2D eigenvalue weighted by Gasteiger charge is -1.99. The molecule has 0 aliphatic rings. The summed E-state index contributed by atoms with van der Waals surface area (Å²) in [6.45, 7) is 3.94. The second-order valence-electron chi connectivity index (χ2n) is 3.70. The summed E-state index contributed by atoms with van der Waals surface area (Å²) >= 11 is 6.01. The van der Waals surface area contributed by atoms with Crippen molar-refractivity contribution in [2.75, 3.05) is 0 Å². The third-order valence-electron chi connectivity index (χ3n) is 2.72. The van der Waals surface area contributed by atoms with Gasteiger partial charge < -0.3 is 9.52 Å². The van der Waals surface area contributed by atoms with Crippen LogP contribution >= 0.6 is 11.6 Å². The number of para-hydroxylation sites is 1. The second-order valence-corrected chi connectivity index (χ2v) is 4.10. The Morgan fingerprint density at radius 3 is 2.50 bits per heavy atom. The van der Waals surface area contributed by atoms with Crippen LogP contribution in [0.5, 0.6) is 0 Å². The molecule has 2 aromatic carbocycles. The number of fused-ring (bicyclic) bond motifs is 3. The van der Waals surface area contributed by atoms with Gasteiger partial charge in [-0.3, -0.25) is 0 Å². The van der Waals surface area contributed by atoms with Gasteiger partial charge in [-0.25, -0.2) is 0 Å². The Hall–Kier alpha value is -1.51. The van der Waals surface area contributed by atoms with E-state index in [4.69, 9.17) is 16.0 Å². The largest absolute Gasteiger partial charge is 0.456 e. The fourth-order valence-electron chi connectivity index (χ4n) is 1.91. The molecule has 3 rings (SSSR count). The van der Waals surface area contributed by atoms with Crippen LogP contribution in [0.1, 0.15) is 19.4 Å². The van der Waals surface area contributed by atoms with Crippen LogP contribution in [0.25, 0.3) is 21.9 Å². The van der Waals surface area contributed by atoms with Gasteiger partial charge in [-0.1, -0.05) is 43.6 Å². The zero-order valence-electron chi connectivity index (χ0n) is 10.4. The molecule has 1 heterocycles. The Morgan fingerprint density at radius 2 is 1.78 bits per heavy atom. The van der Waals surface area contributed by atoms with Crippen molar-refractivity contribution in [1.82, 2.24) is 0 Å². The van der Waals surface area contributed by atoms with E-state index in [1.54, 1.807) is 6.07 Å². The molecule has 0 saturated carbocycles. The molecule has 0 aliphatic heterocycles. The predicted molar refractivity (Wildman–Crippen MR) is 76.0 cm³/mol. The molecule has 0 atom stereocenters. The van der Waals surface area contributed by atoms with Gasteiger partial charge in [0.25, 0.3) is 0 Å². The van der Waals surface area contributed by atoms with Crippen molar-refractivity contribution in [2.24, 2.45) is 0 Å². The minimum absolute atomic E-state index is 0.0612. The van der Waals surface area contributed by atoms with E-state index in [1.807, 2.05) is 44.2 Å². The monoisotopic (exact) mass is 262 g/mol. The number of hydrogen-bond acceptors (Lipinski definition) is 2. The first kappa shape index (κ1) is 12.9. The van der Waals surface area contributed by atoms with Gasteiger partial charge in [-0.15, -0.1) is 0 Å². The van der Waals surface area contributed by atoms with Crippen LogP contribution in [0.3, 0.4) is 0 Å². The average molecular weight is 263 g/mol. The van der Waals surface area contributed by atoms with E-state index < -0.39 is 0 Å². The fourth-order valence-corrected chi connectivity index (χ4v) is 2.13. The van der Waals surface area contributed by atoms with Crippen molar-refractivity contribution in [3.8, 4) is 0 Å². The molecule has 0 aliphatic carbocycles. The van der Waals surface area contributed by atoms with Gasteiger partial charge in [0.2, 0.25) is 0 Å². The summed E-state index contributed by atoms with van der Waals surface area (Å²) < 4.78 is 5.67. The van der Waals surface area contributed by atoms with Crippen LogP contribution < -0.4 is 0 Å². The topological polar surface area (TPSA) is 33.4 Å². The Labute approximate surface area is 111 Å². The van der Waals surface area contributed by atoms with Gasteiger partial charge in [-0.2, -0.15) is 0 Å². The lowest BCUT2D eigenvalue weighted by molar-refractivity contribution is 0.282. The summed E-state index contributed by atoms with van der Waals surface area (Å²) in [7, 11) is 0. The van der Waals surface area contributed by atoms with Crippen molar-refractivity contribution >= 4 is 33.5 Å². The van der Waals surface area contributed by atoms with E-state index in [2.05, 4.69) is 0 Å². The SMILES string of the molecule is CC.OCc1cc2c(cc1Cl)oc1ccccc12. The van der Waals surface area contributed by atoms with E-state index in [1.165, 1.54) is 0 Å². The summed E-state index contributed by atoms with van der Waals surface area (Å²) in [6.07, 6.45) is 0. The number of hydrogen-bond donors (Lipinski definition) is 1. The van der Waals surface area contributed by atoms with Crippen molar-refractivity contribution in [2.45, 2.75) is 20.5 Å². The van der Waals surface area contributed by atoms with Crippen molar-refractivity contribution in [1.29, 1.82) is 0 Å². The minimum atomic E-state index is -0.0612. The minimum Gasteiger partial charge on any atom is -0.456 e. The summed E-state index contributed by atoms with van der Waals surface area (Å²) in [4.78, 5) is 0. The highest BCUT2D eigenvalue weighted by atomic mass is 35.5. The van der Waals surface area contributed by atoms with Gasteiger partial charge in [0.15, 0.2) is 0 Å². The maximum absolute atomic E-state index is 9.17. The molecule has 0 spiro atoms.